The number of carbonyl (C=O) groups excluding carboxylic acids is 1. The Morgan fingerprint density at radius 1 is 1.50 bits per heavy atom. The zero-order valence-corrected chi connectivity index (χ0v) is 11.8. The number of aryl methyl sites for hydroxylation is 2. The Hall–Kier alpha value is -1.63. The van der Waals surface area contributed by atoms with Crippen LogP contribution in [-0.2, 0) is 20.5 Å². The monoisotopic (exact) mass is 311 g/mol. The molecule has 0 atom stereocenters. The van der Waals surface area contributed by atoms with Crippen LogP contribution < -0.4 is 5.32 Å². The predicted molar refractivity (Wildman–Crippen MR) is 70.2 cm³/mol. The van der Waals surface area contributed by atoms with Crippen molar-refractivity contribution < 1.29 is 4.79 Å². The van der Waals surface area contributed by atoms with Crippen molar-refractivity contribution in [2.24, 2.45) is 14.1 Å². The van der Waals surface area contributed by atoms with Gasteiger partial charge in [-0.1, -0.05) is 0 Å². The Labute approximate surface area is 113 Å². The topological polar surface area (TPSA) is 64.7 Å². The van der Waals surface area contributed by atoms with Crippen LogP contribution in [0, 0.1) is 0 Å². The van der Waals surface area contributed by atoms with E-state index in [1.165, 1.54) is 0 Å². The van der Waals surface area contributed by atoms with Gasteiger partial charge in [0.2, 0.25) is 0 Å². The number of aromatic nitrogens is 4. The van der Waals surface area contributed by atoms with Crippen molar-refractivity contribution in [3.05, 3.63) is 34.6 Å². The number of hydrogen-bond donors (Lipinski definition) is 1. The molecule has 2 aromatic heterocycles. The van der Waals surface area contributed by atoms with Crippen molar-refractivity contribution in [2.75, 3.05) is 6.54 Å². The molecule has 0 radical (unpaired) electrons. The van der Waals surface area contributed by atoms with Gasteiger partial charge in [-0.25, -0.2) is 4.98 Å². The van der Waals surface area contributed by atoms with Crippen LogP contribution in [-0.4, -0.2) is 31.8 Å². The van der Waals surface area contributed by atoms with Crippen molar-refractivity contribution in [2.45, 2.75) is 6.42 Å². The Balaban J connectivity index is 1.87. The lowest BCUT2D eigenvalue weighted by molar-refractivity contribution is 0.0946. The highest BCUT2D eigenvalue weighted by molar-refractivity contribution is 9.10. The molecule has 6 nitrogen and oxygen atoms in total. The molecule has 0 bridgehead atoms. The van der Waals surface area contributed by atoms with E-state index in [4.69, 9.17) is 0 Å². The number of nitrogens with zero attached hydrogens (tertiary/aromatic N) is 4. The van der Waals surface area contributed by atoms with Crippen molar-refractivity contribution in [3.63, 3.8) is 0 Å². The average molecular weight is 312 g/mol. The lowest BCUT2D eigenvalue weighted by Crippen LogP contribution is -2.27. The number of carbonyl (C=O) groups is 1. The number of nitrogens with one attached hydrogen (secondary N) is 1. The molecule has 0 saturated heterocycles. The number of amides is 1. The number of halogens is 1. The fourth-order valence-electron chi connectivity index (χ4n) is 1.63. The number of hydrogen-bond acceptors (Lipinski definition) is 3. The zero-order valence-electron chi connectivity index (χ0n) is 10.2. The van der Waals surface area contributed by atoms with E-state index in [-0.39, 0.29) is 5.91 Å². The lowest BCUT2D eigenvalue weighted by atomic mass is 10.3. The standard InChI is InChI=1S/C11H14BrN5O/c1-16-6-8(12)5-9(16)11(18)13-4-3-10-14-7-17(2)15-10/h5-7H,3-4H2,1-2H3,(H,13,18). The Kier molecular flexibility index (Phi) is 3.81. The number of rotatable bonds is 4. The van der Waals surface area contributed by atoms with E-state index < -0.39 is 0 Å². The minimum absolute atomic E-state index is 0.0980. The van der Waals surface area contributed by atoms with Crippen molar-refractivity contribution in [3.8, 4) is 0 Å². The maximum atomic E-state index is 11.9. The molecule has 1 N–H and O–H groups in total. The van der Waals surface area contributed by atoms with Crippen LogP contribution in [0.3, 0.4) is 0 Å². The highest BCUT2D eigenvalue weighted by Gasteiger charge is 2.10. The van der Waals surface area contributed by atoms with Crippen LogP contribution in [0.25, 0.3) is 0 Å². The van der Waals surface area contributed by atoms with E-state index >= 15 is 0 Å². The summed E-state index contributed by atoms with van der Waals surface area (Å²) in [7, 11) is 3.65. The van der Waals surface area contributed by atoms with E-state index in [0.717, 1.165) is 10.3 Å². The van der Waals surface area contributed by atoms with Gasteiger partial charge in [0.05, 0.1) is 0 Å². The predicted octanol–water partition coefficient (Wildman–Crippen LogP) is 0.889. The summed E-state index contributed by atoms with van der Waals surface area (Å²) in [6.07, 6.45) is 4.11. The molecule has 0 fully saturated rings. The van der Waals surface area contributed by atoms with Gasteiger partial charge in [0.1, 0.15) is 12.0 Å². The van der Waals surface area contributed by atoms with Crippen LogP contribution in [0.1, 0.15) is 16.3 Å². The first-order valence-electron chi connectivity index (χ1n) is 5.51. The smallest absolute Gasteiger partial charge is 0.267 e. The molecule has 0 unspecified atom stereocenters. The quantitative estimate of drug-likeness (QED) is 0.912. The SMILES string of the molecule is Cn1cnc(CCNC(=O)c2cc(Br)cn2C)n1. The largest absolute Gasteiger partial charge is 0.350 e. The molecule has 0 aliphatic rings. The third-order valence-electron chi connectivity index (χ3n) is 2.49. The van der Waals surface area contributed by atoms with E-state index in [1.54, 1.807) is 21.6 Å². The first-order chi connectivity index (χ1) is 8.56. The van der Waals surface area contributed by atoms with Crippen molar-refractivity contribution in [1.29, 1.82) is 0 Å². The molecule has 0 spiro atoms. The van der Waals surface area contributed by atoms with Gasteiger partial charge in [0.15, 0.2) is 5.82 Å². The van der Waals surface area contributed by atoms with E-state index in [9.17, 15) is 4.79 Å². The Morgan fingerprint density at radius 3 is 2.83 bits per heavy atom. The highest BCUT2D eigenvalue weighted by atomic mass is 79.9. The molecule has 2 heterocycles. The maximum absolute atomic E-state index is 11.9. The third kappa shape index (κ3) is 2.98. The summed E-state index contributed by atoms with van der Waals surface area (Å²) in [5, 5.41) is 6.98. The molecule has 96 valence electrons. The van der Waals surface area contributed by atoms with Gasteiger partial charge >= 0.3 is 0 Å². The summed E-state index contributed by atoms with van der Waals surface area (Å²) in [6, 6.07) is 1.79. The Bertz CT molecular complexity index is 560. The van der Waals surface area contributed by atoms with E-state index in [1.807, 2.05) is 20.3 Å². The molecule has 7 heteroatoms. The highest BCUT2D eigenvalue weighted by Crippen LogP contribution is 2.13. The van der Waals surface area contributed by atoms with E-state index in [2.05, 4.69) is 31.3 Å². The fraction of sp³-hybridized carbons (Fsp3) is 0.364. The van der Waals surface area contributed by atoms with Crippen LogP contribution in [0.5, 0.6) is 0 Å². The molecule has 0 saturated carbocycles. The second-order valence-corrected chi connectivity index (χ2v) is 4.91. The fourth-order valence-corrected chi connectivity index (χ4v) is 2.15. The molecule has 0 aliphatic carbocycles. The summed E-state index contributed by atoms with van der Waals surface area (Å²) in [5.74, 6) is 0.630. The van der Waals surface area contributed by atoms with Crippen LogP contribution in [0.2, 0.25) is 0 Å². The minimum Gasteiger partial charge on any atom is -0.350 e. The summed E-state index contributed by atoms with van der Waals surface area (Å²) in [6.45, 7) is 0.519. The van der Waals surface area contributed by atoms with Gasteiger partial charge in [0.25, 0.3) is 5.91 Å². The van der Waals surface area contributed by atoms with Gasteiger partial charge < -0.3 is 9.88 Å². The van der Waals surface area contributed by atoms with E-state index in [0.29, 0.717) is 18.7 Å². The van der Waals surface area contributed by atoms with Crippen molar-refractivity contribution in [1.82, 2.24) is 24.6 Å². The van der Waals surface area contributed by atoms with Crippen LogP contribution >= 0.6 is 15.9 Å². The summed E-state index contributed by atoms with van der Waals surface area (Å²) >= 11 is 3.34. The van der Waals surface area contributed by atoms with Gasteiger partial charge in [-0.05, 0) is 22.0 Å². The Morgan fingerprint density at radius 2 is 2.28 bits per heavy atom. The van der Waals surface area contributed by atoms with Gasteiger partial charge in [0, 0.05) is 37.7 Å². The normalized spacial score (nSPS) is 10.6. The molecular formula is C11H14BrN5O. The minimum atomic E-state index is -0.0980. The van der Waals surface area contributed by atoms with Crippen LogP contribution in [0.15, 0.2) is 23.1 Å². The van der Waals surface area contributed by atoms with Gasteiger partial charge in [-0.3, -0.25) is 9.48 Å². The van der Waals surface area contributed by atoms with Crippen LogP contribution in [0.4, 0.5) is 0 Å². The van der Waals surface area contributed by atoms with Gasteiger partial charge in [-0.15, -0.1) is 0 Å². The second kappa shape index (κ2) is 5.34. The lowest BCUT2D eigenvalue weighted by Gasteiger charge is -2.04. The van der Waals surface area contributed by atoms with Gasteiger partial charge in [-0.2, -0.15) is 5.10 Å². The average Bonchev–Trinajstić information content (AvgIpc) is 2.85. The molecule has 0 aliphatic heterocycles. The summed E-state index contributed by atoms with van der Waals surface area (Å²) in [4.78, 5) is 16.0. The molecule has 2 rings (SSSR count). The maximum Gasteiger partial charge on any atom is 0.267 e. The molecule has 0 aromatic carbocycles. The molecular weight excluding hydrogens is 298 g/mol. The first-order valence-corrected chi connectivity index (χ1v) is 6.30. The molecule has 1 amide bonds. The summed E-state index contributed by atoms with van der Waals surface area (Å²) in [5.41, 5.74) is 0.621. The molecule has 2 aromatic rings. The first kappa shape index (κ1) is 12.8. The van der Waals surface area contributed by atoms with Crippen molar-refractivity contribution >= 4 is 21.8 Å². The molecule has 18 heavy (non-hydrogen) atoms. The third-order valence-corrected chi connectivity index (χ3v) is 2.92. The second-order valence-electron chi connectivity index (χ2n) is 3.99. The summed E-state index contributed by atoms with van der Waals surface area (Å²) < 4.78 is 4.31. The zero-order chi connectivity index (χ0) is 13.1.